The standard InChI is InChI=1S/C15H18N4OS/c1-2-7-16-10-6-8-17-12(9-10)14(20)19-15-18-11-4-3-5-13(11)21-15/h6,8-9H,2-5,7H2,1H3,(H,16,17)(H,18,19,20). The first-order valence-corrected chi connectivity index (χ1v) is 8.08. The van der Waals surface area contributed by atoms with Crippen LogP contribution in [-0.4, -0.2) is 22.4 Å². The van der Waals surface area contributed by atoms with Crippen molar-refractivity contribution in [2.24, 2.45) is 0 Å². The fourth-order valence-corrected chi connectivity index (χ4v) is 3.38. The molecule has 0 bridgehead atoms. The van der Waals surface area contributed by atoms with Gasteiger partial charge in [-0.1, -0.05) is 6.92 Å². The van der Waals surface area contributed by atoms with E-state index in [-0.39, 0.29) is 5.91 Å². The Bertz CT molecular complexity index is 631. The number of thiazole rings is 1. The van der Waals surface area contributed by atoms with Crippen LogP contribution in [0.4, 0.5) is 10.8 Å². The molecular formula is C15H18N4OS. The van der Waals surface area contributed by atoms with Crippen molar-refractivity contribution in [3.05, 3.63) is 34.6 Å². The van der Waals surface area contributed by atoms with E-state index in [4.69, 9.17) is 0 Å². The summed E-state index contributed by atoms with van der Waals surface area (Å²) >= 11 is 1.58. The highest BCUT2D eigenvalue weighted by atomic mass is 32.1. The summed E-state index contributed by atoms with van der Waals surface area (Å²) in [6.45, 7) is 2.98. The third-order valence-electron chi connectivity index (χ3n) is 3.39. The van der Waals surface area contributed by atoms with Crippen molar-refractivity contribution in [3.8, 4) is 0 Å². The lowest BCUT2D eigenvalue weighted by Gasteiger charge is -2.06. The maximum atomic E-state index is 12.2. The number of aromatic nitrogens is 2. The monoisotopic (exact) mass is 302 g/mol. The Balaban J connectivity index is 1.69. The van der Waals surface area contributed by atoms with E-state index < -0.39 is 0 Å². The summed E-state index contributed by atoms with van der Waals surface area (Å²) in [5.41, 5.74) is 2.46. The molecule has 1 aliphatic carbocycles. The predicted octanol–water partition coefficient (Wildman–Crippen LogP) is 3.10. The van der Waals surface area contributed by atoms with Gasteiger partial charge in [-0.15, -0.1) is 11.3 Å². The number of pyridine rings is 1. The average molecular weight is 302 g/mol. The Hall–Kier alpha value is -1.95. The summed E-state index contributed by atoms with van der Waals surface area (Å²) in [5, 5.41) is 6.78. The van der Waals surface area contributed by atoms with E-state index in [1.807, 2.05) is 6.07 Å². The van der Waals surface area contributed by atoms with Gasteiger partial charge >= 0.3 is 0 Å². The van der Waals surface area contributed by atoms with E-state index in [2.05, 4.69) is 27.5 Å². The fourth-order valence-electron chi connectivity index (χ4n) is 2.34. The van der Waals surface area contributed by atoms with Crippen molar-refractivity contribution < 1.29 is 4.79 Å². The first-order valence-electron chi connectivity index (χ1n) is 7.26. The minimum absolute atomic E-state index is 0.206. The van der Waals surface area contributed by atoms with Crippen LogP contribution in [0.5, 0.6) is 0 Å². The van der Waals surface area contributed by atoms with Gasteiger partial charge in [-0.3, -0.25) is 15.1 Å². The molecule has 0 fully saturated rings. The highest BCUT2D eigenvalue weighted by Gasteiger charge is 2.18. The molecule has 1 amide bonds. The lowest BCUT2D eigenvalue weighted by molar-refractivity contribution is 0.102. The van der Waals surface area contributed by atoms with E-state index in [9.17, 15) is 4.79 Å². The molecule has 2 aromatic heterocycles. The van der Waals surface area contributed by atoms with E-state index in [0.29, 0.717) is 10.8 Å². The van der Waals surface area contributed by atoms with Crippen LogP contribution >= 0.6 is 11.3 Å². The van der Waals surface area contributed by atoms with Crippen LogP contribution in [0.15, 0.2) is 18.3 Å². The van der Waals surface area contributed by atoms with Crippen LogP contribution in [0, 0.1) is 0 Å². The van der Waals surface area contributed by atoms with Crippen molar-refractivity contribution in [3.63, 3.8) is 0 Å². The van der Waals surface area contributed by atoms with E-state index in [1.165, 1.54) is 11.3 Å². The normalized spacial score (nSPS) is 13.0. The SMILES string of the molecule is CCCNc1ccnc(C(=O)Nc2nc3c(s2)CCC3)c1. The number of fused-ring (bicyclic) bond motifs is 1. The van der Waals surface area contributed by atoms with Gasteiger partial charge in [0.15, 0.2) is 5.13 Å². The van der Waals surface area contributed by atoms with Gasteiger partial charge in [0, 0.05) is 23.3 Å². The minimum atomic E-state index is -0.206. The molecule has 0 spiro atoms. The molecule has 0 atom stereocenters. The third-order valence-corrected chi connectivity index (χ3v) is 4.46. The third kappa shape index (κ3) is 3.21. The smallest absolute Gasteiger partial charge is 0.276 e. The van der Waals surface area contributed by atoms with Gasteiger partial charge in [-0.2, -0.15) is 0 Å². The molecule has 0 radical (unpaired) electrons. The summed E-state index contributed by atoms with van der Waals surface area (Å²) < 4.78 is 0. The van der Waals surface area contributed by atoms with Crippen molar-refractivity contribution in [1.29, 1.82) is 0 Å². The number of rotatable bonds is 5. The summed E-state index contributed by atoms with van der Waals surface area (Å²) in [7, 11) is 0. The van der Waals surface area contributed by atoms with Crippen LogP contribution in [0.1, 0.15) is 40.8 Å². The Morgan fingerprint density at radius 2 is 2.33 bits per heavy atom. The Morgan fingerprint density at radius 1 is 1.43 bits per heavy atom. The Morgan fingerprint density at radius 3 is 3.14 bits per heavy atom. The molecule has 0 saturated carbocycles. The number of carbonyl (C=O) groups excluding carboxylic acids is 1. The van der Waals surface area contributed by atoms with Crippen molar-refractivity contribution in [2.45, 2.75) is 32.6 Å². The zero-order valence-corrected chi connectivity index (χ0v) is 12.8. The fraction of sp³-hybridized carbons (Fsp3) is 0.400. The Labute approximate surface area is 127 Å². The van der Waals surface area contributed by atoms with Gasteiger partial charge in [0.05, 0.1) is 5.69 Å². The zero-order valence-electron chi connectivity index (χ0n) is 12.0. The van der Waals surface area contributed by atoms with Crippen LogP contribution < -0.4 is 10.6 Å². The number of anilines is 2. The van der Waals surface area contributed by atoms with Gasteiger partial charge in [-0.25, -0.2) is 4.98 Å². The number of carbonyl (C=O) groups is 1. The largest absolute Gasteiger partial charge is 0.385 e. The molecule has 2 heterocycles. The maximum absolute atomic E-state index is 12.2. The molecule has 0 unspecified atom stereocenters. The topological polar surface area (TPSA) is 66.9 Å². The molecule has 110 valence electrons. The lowest BCUT2D eigenvalue weighted by Crippen LogP contribution is -2.14. The number of nitrogens with zero attached hydrogens (tertiary/aromatic N) is 2. The first-order chi connectivity index (χ1) is 10.3. The van der Waals surface area contributed by atoms with Gasteiger partial charge in [0.1, 0.15) is 5.69 Å². The van der Waals surface area contributed by atoms with Crippen LogP contribution in [0.2, 0.25) is 0 Å². The molecule has 21 heavy (non-hydrogen) atoms. The second kappa shape index (κ2) is 6.22. The molecule has 3 rings (SSSR count). The molecule has 1 aliphatic rings. The second-order valence-corrected chi connectivity index (χ2v) is 6.14. The highest BCUT2D eigenvalue weighted by molar-refractivity contribution is 7.15. The van der Waals surface area contributed by atoms with Crippen LogP contribution in [0.25, 0.3) is 0 Å². The van der Waals surface area contributed by atoms with Crippen molar-refractivity contribution in [1.82, 2.24) is 9.97 Å². The molecule has 2 aromatic rings. The lowest BCUT2D eigenvalue weighted by atomic mass is 10.3. The molecule has 0 aliphatic heterocycles. The zero-order chi connectivity index (χ0) is 14.7. The molecule has 2 N–H and O–H groups in total. The first kappa shape index (κ1) is 14.0. The number of hydrogen-bond donors (Lipinski definition) is 2. The number of hydrogen-bond acceptors (Lipinski definition) is 5. The molecular weight excluding hydrogens is 284 g/mol. The van der Waals surface area contributed by atoms with Crippen molar-refractivity contribution >= 4 is 28.1 Å². The van der Waals surface area contributed by atoms with Crippen LogP contribution in [0.3, 0.4) is 0 Å². The molecule has 5 nitrogen and oxygen atoms in total. The molecule has 0 saturated heterocycles. The van der Waals surface area contributed by atoms with Gasteiger partial charge < -0.3 is 5.32 Å². The van der Waals surface area contributed by atoms with Gasteiger partial charge in [0.2, 0.25) is 0 Å². The average Bonchev–Trinajstić information content (AvgIpc) is 3.06. The van der Waals surface area contributed by atoms with Gasteiger partial charge in [0.25, 0.3) is 5.91 Å². The summed E-state index contributed by atoms with van der Waals surface area (Å²) in [4.78, 5) is 22.1. The van der Waals surface area contributed by atoms with E-state index >= 15 is 0 Å². The number of aryl methyl sites for hydroxylation is 2. The summed E-state index contributed by atoms with van der Waals surface area (Å²) in [5.74, 6) is -0.206. The van der Waals surface area contributed by atoms with Crippen molar-refractivity contribution in [2.75, 3.05) is 17.2 Å². The molecule has 0 aromatic carbocycles. The van der Waals surface area contributed by atoms with Crippen LogP contribution in [-0.2, 0) is 12.8 Å². The minimum Gasteiger partial charge on any atom is -0.385 e. The number of amides is 1. The summed E-state index contributed by atoms with van der Waals surface area (Å²) in [6, 6.07) is 3.64. The quantitative estimate of drug-likeness (QED) is 0.890. The second-order valence-electron chi connectivity index (χ2n) is 5.05. The maximum Gasteiger partial charge on any atom is 0.276 e. The Kier molecular flexibility index (Phi) is 4.15. The number of nitrogens with one attached hydrogen (secondary N) is 2. The van der Waals surface area contributed by atoms with E-state index in [1.54, 1.807) is 23.6 Å². The van der Waals surface area contributed by atoms with Gasteiger partial charge in [-0.05, 0) is 37.8 Å². The highest BCUT2D eigenvalue weighted by Crippen LogP contribution is 2.30. The van der Waals surface area contributed by atoms with E-state index in [0.717, 1.165) is 37.2 Å². The predicted molar refractivity (Wildman–Crippen MR) is 85.1 cm³/mol. The summed E-state index contributed by atoms with van der Waals surface area (Å²) in [6.07, 6.45) is 5.96. The molecule has 6 heteroatoms.